The molecule has 0 bridgehead atoms. The predicted molar refractivity (Wildman–Crippen MR) is 146 cm³/mol. The summed E-state index contributed by atoms with van der Waals surface area (Å²) in [6, 6.07) is 21.7. The summed E-state index contributed by atoms with van der Waals surface area (Å²) in [7, 11) is 0. The first-order valence-corrected chi connectivity index (χ1v) is 12.7. The minimum absolute atomic E-state index is 0.184. The van der Waals surface area contributed by atoms with Gasteiger partial charge in [-0.2, -0.15) is 0 Å². The first-order valence-electron chi connectivity index (χ1n) is 12.7. The predicted octanol–water partition coefficient (Wildman–Crippen LogP) is 3.81. The van der Waals surface area contributed by atoms with Gasteiger partial charge >= 0.3 is 11.9 Å². The van der Waals surface area contributed by atoms with Gasteiger partial charge < -0.3 is 10.2 Å². The standard InChI is InChI=1S/C31H26N2O7/c1-18(34)21-13-15-23(16-14-21)33-28(37)25-26(29(33)38)31(30(39)40,17-24(35)36)32-27(25)22-11-9-20(10-12-22)8-7-19-5-3-2-4-6-19/h2-16,25-27,32H,17H2,1H3,(H,35,36)(H,39,40)/b8-7+. The highest BCUT2D eigenvalue weighted by Gasteiger charge is 2.69. The van der Waals surface area contributed by atoms with E-state index in [9.17, 15) is 34.2 Å². The van der Waals surface area contributed by atoms with Crippen LogP contribution in [0.4, 0.5) is 5.69 Å². The minimum atomic E-state index is -2.20. The molecule has 0 radical (unpaired) electrons. The number of amides is 2. The van der Waals surface area contributed by atoms with Gasteiger partial charge in [-0.25, -0.2) is 4.90 Å². The van der Waals surface area contributed by atoms with E-state index in [1.807, 2.05) is 54.6 Å². The lowest BCUT2D eigenvalue weighted by Gasteiger charge is -2.29. The van der Waals surface area contributed by atoms with Crippen molar-refractivity contribution in [1.82, 2.24) is 5.32 Å². The maximum absolute atomic E-state index is 13.8. The van der Waals surface area contributed by atoms with Crippen LogP contribution < -0.4 is 10.2 Å². The van der Waals surface area contributed by atoms with Crippen LogP contribution in [0.1, 0.15) is 46.4 Å². The lowest BCUT2D eigenvalue weighted by molar-refractivity contribution is -0.154. The van der Waals surface area contributed by atoms with Crippen LogP contribution in [0.2, 0.25) is 0 Å². The molecule has 0 aliphatic carbocycles. The second kappa shape index (κ2) is 10.3. The average molecular weight is 539 g/mol. The molecule has 2 heterocycles. The molecule has 3 aromatic rings. The van der Waals surface area contributed by atoms with Crippen LogP contribution in [0.3, 0.4) is 0 Å². The number of carbonyl (C=O) groups is 5. The Labute approximate surface area is 229 Å². The van der Waals surface area contributed by atoms with Crippen LogP contribution in [0.15, 0.2) is 78.9 Å². The van der Waals surface area contributed by atoms with Crippen LogP contribution in [0, 0.1) is 11.8 Å². The number of ketones is 1. The molecule has 202 valence electrons. The molecule has 3 N–H and O–H groups in total. The van der Waals surface area contributed by atoms with E-state index in [4.69, 9.17) is 0 Å². The van der Waals surface area contributed by atoms with Crippen molar-refractivity contribution in [2.45, 2.75) is 24.9 Å². The van der Waals surface area contributed by atoms with Crippen LogP contribution in [-0.2, 0) is 19.2 Å². The third-order valence-corrected chi connectivity index (χ3v) is 7.56. The van der Waals surface area contributed by atoms with Crippen molar-refractivity contribution in [2.75, 3.05) is 4.90 Å². The van der Waals surface area contributed by atoms with Crippen LogP contribution in [-0.4, -0.2) is 45.3 Å². The number of rotatable bonds is 8. The fraction of sp³-hybridized carbons (Fsp3) is 0.194. The Morgan fingerprint density at radius 2 is 1.45 bits per heavy atom. The molecular formula is C31H26N2O7. The number of fused-ring (bicyclic) bond motifs is 1. The third-order valence-electron chi connectivity index (χ3n) is 7.56. The number of nitrogens with one attached hydrogen (secondary N) is 1. The van der Waals surface area contributed by atoms with Crippen molar-refractivity contribution in [2.24, 2.45) is 11.8 Å². The zero-order valence-electron chi connectivity index (χ0n) is 21.5. The average Bonchev–Trinajstić information content (AvgIpc) is 3.41. The van der Waals surface area contributed by atoms with E-state index < -0.39 is 53.6 Å². The maximum atomic E-state index is 13.8. The topological polar surface area (TPSA) is 141 Å². The Morgan fingerprint density at radius 1 is 0.850 bits per heavy atom. The smallest absolute Gasteiger partial charge is 0.325 e. The quantitative estimate of drug-likeness (QED) is 0.223. The van der Waals surface area contributed by atoms with Crippen molar-refractivity contribution < 1.29 is 34.2 Å². The van der Waals surface area contributed by atoms with Crippen molar-refractivity contribution >= 4 is 47.4 Å². The fourth-order valence-corrected chi connectivity index (χ4v) is 5.63. The second-order valence-electron chi connectivity index (χ2n) is 10.00. The first kappa shape index (κ1) is 26.7. The van der Waals surface area contributed by atoms with Crippen LogP contribution in [0.25, 0.3) is 12.2 Å². The van der Waals surface area contributed by atoms with Gasteiger partial charge in [-0.05, 0) is 47.9 Å². The molecule has 0 spiro atoms. The minimum Gasteiger partial charge on any atom is -0.481 e. The summed E-state index contributed by atoms with van der Waals surface area (Å²) in [5.74, 6) is -7.17. The van der Waals surface area contributed by atoms with Crippen LogP contribution >= 0.6 is 0 Å². The molecule has 2 amide bonds. The number of imide groups is 1. The molecule has 4 unspecified atom stereocenters. The number of anilines is 1. The normalized spacial score (nSPS) is 23.9. The number of hydrogen-bond acceptors (Lipinski definition) is 6. The van der Waals surface area contributed by atoms with Gasteiger partial charge in [-0.1, -0.05) is 66.7 Å². The highest BCUT2D eigenvalue weighted by Crippen LogP contribution is 2.51. The molecule has 3 aromatic carbocycles. The van der Waals surface area contributed by atoms with Gasteiger partial charge in [0.1, 0.15) is 5.54 Å². The van der Waals surface area contributed by atoms with Gasteiger partial charge in [0.25, 0.3) is 0 Å². The van der Waals surface area contributed by atoms with Gasteiger partial charge in [-0.3, -0.25) is 29.3 Å². The summed E-state index contributed by atoms with van der Waals surface area (Å²) in [4.78, 5) is 64.5. The van der Waals surface area contributed by atoms with E-state index in [1.165, 1.54) is 31.2 Å². The van der Waals surface area contributed by atoms with Gasteiger partial charge in [0, 0.05) is 11.6 Å². The summed E-state index contributed by atoms with van der Waals surface area (Å²) in [5, 5.41) is 22.7. The Kier molecular flexibility index (Phi) is 6.91. The zero-order valence-corrected chi connectivity index (χ0v) is 21.5. The molecular weight excluding hydrogens is 512 g/mol. The number of aliphatic carboxylic acids is 2. The largest absolute Gasteiger partial charge is 0.481 e. The molecule has 9 nitrogen and oxygen atoms in total. The Morgan fingerprint density at radius 3 is 2.00 bits per heavy atom. The number of Topliss-reactive ketones (excluding diaryl/α,β-unsaturated/α-hetero) is 1. The Bertz CT molecular complexity index is 1530. The lowest BCUT2D eigenvalue weighted by atomic mass is 9.77. The zero-order chi connectivity index (χ0) is 28.6. The number of carbonyl (C=O) groups excluding carboxylic acids is 3. The van der Waals surface area contributed by atoms with Crippen molar-refractivity contribution in [3.05, 3.63) is 101 Å². The Balaban J connectivity index is 1.52. The monoisotopic (exact) mass is 538 g/mol. The van der Waals surface area contributed by atoms with Gasteiger partial charge in [0.15, 0.2) is 5.78 Å². The summed E-state index contributed by atoms with van der Waals surface area (Å²) in [6.07, 6.45) is 2.95. The first-order chi connectivity index (χ1) is 19.1. The highest BCUT2D eigenvalue weighted by molar-refractivity contribution is 6.24. The number of carboxylic acid groups (broad SMARTS) is 2. The number of benzene rings is 3. The molecule has 0 aromatic heterocycles. The fourth-order valence-electron chi connectivity index (χ4n) is 5.63. The molecule has 9 heteroatoms. The molecule has 4 atom stereocenters. The molecule has 5 rings (SSSR count). The van der Waals surface area contributed by atoms with Gasteiger partial charge in [-0.15, -0.1) is 0 Å². The molecule has 0 saturated carbocycles. The highest BCUT2D eigenvalue weighted by atomic mass is 16.4. The van der Waals surface area contributed by atoms with E-state index in [-0.39, 0.29) is 11.5 Å². The number of carboxylic acids is 2. The molecule has 2 aliphatic rings. The molecule has 2 saturated heterocycles. The summed E-state index contributed by atoms with van der Waals surface area (Å²) >= 11 is 0. The van der Waals surface area contributed by atoms with Gasteiger partial charge in [0.2, 0.25) is 11.8 Å². The van der Waals surface area contributed by atoms with Crippen LogP contribution in [0.5, 0.6) is 0 Å². The maximum Gasteiger partial charge on any atom is 0.325 e. The second-order valence-corrected chi connectivity index (χ2v) is 10.00. The molecule has 2 fully saturated rings. The Hall–Kier alpha value is -4.89. The van der Waals surface area contributed by atoms with Crippen molar-refractivity contribution in [3.8, 4) is 0 Å². The molecule has 40 heavy (non-hydrogen) atoms. The summed E-state index contributed by atoms with van der Waals surface area (Å²) < 4.78 is 0. The van der Waals surface area contributed by atoms with E-state index >= 15 is 0 Å². The molecule has 2 aliphatic heterocycles. The van der Waals surface area contributed by atoms with Crippen molar-refractivity contribution in [3.63, 3.8) is 0 Å². The van der Waals surface area contributed by atoms with E-state index in [1.54, 1.807) is 12.1 Å². The summed E-state index contributed by atoms with van der Waals surface area (Å²) in [5.41, 5.74) is 0.791. The SMILES string of the molecule is CC(=O)c1ccc(N2C(=O)C3C(c4ccc(/C=C/c5ccccc5)cc4)NC(CC(=O)O)(C(=O)O)C3C2=O)cc1. The van der Waals surface area contributed by atoms with E-state index in [0.29, 0.717) is 11.1 Å². The van der Waals surface area contributed by atoms with Gasteiger partial charge in [0.05, 0.1) is 23.9 Å². The number of hydrogen-bond donors (Lipinski definition) is 3. The lowest BCUT2D eigenvalue weighted by Crippen LogP contribution is -2.57. The summed E-state index contributed by atoms with van der Waals surface area (Å²) in [6.45, 7) is 1.39. The van der Waals surface area contributed by atoms with E-state index in [2.05, 4.69) is 5.32 Å². The van der Waals surface area contributed by atoms with E-state index in [0.717, 1.165) is 16.0 Å². The third kappa shape index (κ3) is 4.60. The number of nitrogens with zero attached hydrogens (tertiary/aromatic N) is 1. The van der Waals surface area contributed by atoms with Crippen molar-refractivity contribution in [1.29, 1.82) is 0 Å².